The van der Waals surface area contributed by atoms with Crippen molar-refractivity contribution < 1.29 is 12.8 Å². The van der Waals surface area contributed by atoms with E-state index in [1.807, 2.05) is 13.0 Å². The molecule has 0 aromatic heterocycles. The SMILES string of the molecule is CC[C@@H]1CN(S(C)(=O)=O)CC[C@@H]1N[C@@H](C)c1ccccc1F. The van der Waals surface area contributed by atoms with Crippen molar-refractivity contribution in [1.82, 2.24) is 9.62 Å². The van der Waals surface area contributed by atoms with Gasteiger partial charge in [-0.25, -0.2) is 17.1 Å². The first-order chi connectivity index (χ1) is 10.3. The molecule has 0 amide bonds. The van der Waals surface area contributed by atoms with E-state index < -0.39 is 10.0 Å². The Balaban J connectivity index is 2.05. The van der Waals surface area contributed by atoms with Gasteiger partial charge in [0.25, 0.3) is 0 Å². The first-order valence-electron chi connectivity index (χ1n) is 7.78. The van der Waals surface area contributed by atoms with Gasteiger partial charge in [0.15, 0.2) is 0 Å². The maximum atomic E-state index is 13.9. The fourth-order valence-electron chi connectivity index (χ4n) is 3.17. The standard InChI is InChI=1S/C16H25FN2O2S/c1-4-13-11-19(22(3,20)21)10-9-16(13)18-12(2)14-7-5-6-8-15(14)17/h5-8,12-13,16,18H,4,9-11H2,1-3H3/t12-,13+,16-/m0/s1. The van der Waals surface area contributed by atoms with Gasteiger partial charge in [0.05, 0.1) is 6.26 Å². The zero-order valence-electron chi connectivity index (χ0n) is 13.4. The molecule has 0 aliphatic carbocycles. The highest BCUT2D eigenvalue weighted by Gasteiger charge is 2.32. The van der Waals surface area contributed by atoms with Crippen molar-refractivity contribution in [2.24, 2.45) is 5.92 Å². The molecule has 0 bridgehead atoms. The van der Waals surface area contributed by atoms with Crippen LogP contribution in [0.25, 0.3) is 0 Å². The van der Waals surface area contributed by atoms with Crippen LogP contribution in [0.1, 0.15) is 38.3 Å². The second kappa shape index (κ2) is 7.06. The van der Waals surface area contributed by atoms with E-state index in [9.17, 15) is 12.8 Å². The molecule has 1 aliphatic rings. The van der Waals surface area contributed by atoms with Gasteiger partial charge in [-0.15, -0.1) is 0 Å². The molecule has 0 saturated carbocycles. The van der Waals surface area contributed by atoms with Crippen LogP contribution in [-0.2, 0) is 10.0 Å². The molecule has 1 heterocycles. The van der Waals surface area contributed by atoms with E-state index in [0.717, 1.165) is 12.8 Å². The topological polar surface area (TPSA) is 49.4 Å². The highest BCUT2D eigenvalue weighted by molar-refractivity contribution is 7.88. The van der Waals surface area contributed by atoms with Crippen molar-refractivity contribution in [3.8, 4) is 0 Å². The molecule has 3 atom stereocenters. The second-order valence-electron chi connectivity index (χ2n) is 6.09. The van der Waals surface area contributed by atoms with E-state index in [0.29, 0.717) is 18.7 Å². The third-order valence-electron chi connectivity index (χ3n) is 4.53. The molecule has 1 aromatic carbocycles. The van der Waals surface area contributed by atoms with E-state index in [-0.39, 0.29) is 23.8 Å². The molecular formula is C16H25FN2O2S. The summed E-state index contributed by atoms with van der Waals surface area (Å²) in [5, 5.41) is 3.49. The predicted molar refractivity (Wildman–Crippen MR) is 86.6 cm³/mol. The summed E-state index contributed by atoms with van der Waals surface area (Å²) in [6.45, 7) is 5.08. The Kier molecular flexibility index (Phi) is 5.58. The van der Waals surface area contributed by atoms with Gasteiger partial charge >= 0.3 is 0 Å². The van der Waals surface area contributed by atoms with Gasteiger partial charge in [0.1, 0.15) is 5.82 Å². The summed E-state index contributed by atoms with van der Waals surface area (Å²) in [6.07, 6.45) is 2.91. The van der Waals surface area contributed by atoms with Crippen LogP contribution in [0.3, 0.4) is 0 Å². The molecule has 6 heteroatoms. The van der Waals surface area contributed by atoms with E-state index in [1.165, 1.54) is 12.3 Å². The van der Waals surface area contributed by atoms with Crippen LogP contribution in [0.2, 0.25) is 0 Å². The molecule has 22 heavy (non-hydrogen) atoms. The fourth-order valence-corrected chi connectivity index (χ4v) is 4.07. The Morgan fingerprint density at radius 1 is 1.41 bits per heavy atom. The molecule has 124 valence electrons. The van der Waals surface area contributed by atoms with Crippen LogP contribution >= 0.6 is 0 Å². The van der Waals surface area contributed by atoms with Crippen molar-refractivity contribution in [3.63, 3.8) is 0 Å². The summed E-state index contributed by atoms with van der Waals surface area (Å²) in [5.41, 5.74) is 0.655. The minimum Gasteiger partial charge on any atom is -0.307 e. The van der Waals surface area contributed by atoms with Gasteiger partial charge in [0, 0.05) is 30.7 Å². The van der Waals surface area contributed by atoms with Crippen molar-refractivity contribution in [2.75, 3.05) is 19.3 Å². The molecular weight excluding hydrogens is 303 g/mol. The lowest BCUT2D eigenvalue weighted by Crippen LogP contribution is -2.51. The fraction of sp³-hybridized carbons (Fsp3) is 0.625. The molecule has 1 fully saturated rings. The molecule has 1 N–H and O–H groups in total. The maximum absolute atomic E-state index is 13.9. The minimum absolute atomic E-state index is 0.0926. The number of hydrogen-bond donors (Lipinski definition) is 1. The van der Waals surface area contributed by atoms with Crippen molar-refractivity contribution in [2.45, 2.75) is 38.8 Å². The predicted octanol–water partition coefficient (Wildman–Crippen LogP) is 2.54. The molecule has 1 aromatic rings. The van der Waals surface area contributed by atoms with Gasteiger partial charge in [0.2, 0.25) is 10.0 Å². The molecule has 0 spiro atoms. The Morgan fingerprint density at radius 2 is 2.09 bits per heavy atom. The van der Waals surface area contributed by atoms with Crippen LogP contribution in [0.4, 0.5) is 4.39 Å². The summed E-state index contributed by atoms with van der Waals surface area (Å²) in [7, 11) is -3.13. The number of rotatable bonds is 5. The third-order valence-corrected chi connectivity index (χ3v) is 5.80. The van der Waals surface area contributed by atoms with Gasteiger partial charge in [-0.1, -0.05) is 31.5 Å². The van der Waals surface area contributed by atoms with E-state index in [4.69, 9.17) is 0 Å². The second-order valence-corrected chi connectivity index (χ2v) is 8.08. The summed E-state index contributed by atoms with van der Waals surface area (Å²) >= 11 is 0. The Hall–Kier alpha value is -0.980. The summed E-state index contributed by atoms with van der Waals surface area (Å²) < 4.78 is 38.8. The van der Waals surface area contributed by atoms with Gasteiger partial charge in [-0.05, 0) is 25.3 Å². The number of nitrogens with one attached hydrogen (secondary N) is 1. The normalized spacial score (nSPS) is 25.1. The molecule has 2 rings (SSSR count). The summed E-state index contributed by atoms with van der Waals surface area (Å²) in [4.78, 5) is 0. The van der Waals surface area contributed by atoms with Crippen LogP contribution in [0.5, 0.6) is 0 Å². The molecule has 1 saturated heterocycles. The smallest absolute Gasteiger partial charge is 0.211 e. The Morgan fingerprint density at radius 3 is 2.68 bits per heavy atom. The molecule has 0 radical (unpaired) electrons. The average molecular weight is 328 g/mol. The highest BCUT2D eigenvalue weighted by atomic mass is 32.2. The first kappa shape index (κ1) is 17.4. The number of benzene rings is 1. The van der Waals surface area contributed by atoms with Crippen LogP contribution in [0, 0.1) is 11.7 Å². The van der Waals surface area contributed by atoms with Crippen LogP contribution < -0.4 is 5.32 Å². The summed E-state index contributed by atoms with van der Waals surface area (Å²) in [5.74, 6) is 0.0434. The molecule has 1 aliphatic heterocycles. The van der Waals surface area contributed by atoms with Gasteiger partial charge in [-0.2, -0.15) is 0 Å². The van der Waals surface area contributed by atoms with Crippen molar-refractivity contribution >= 4 is 10.0 Å². The first-order valence-corrected chi connectivity index (χ1v) is 9.63. The zero-order valence-corrected chi connectivity index (χ0v) is 14.2. The maximum Gasteiger partial charge on any atom is 0.211 e. The Labute approximate surface area is 132 Å². The van der Waals surface area contributed by atoms with E-state index in [1.54, 1.807) is 16.4 Å². The van der Waals surface area contributed by atoms with Gasteiger partial charge in [-0.3, -0.25) is 0 Å². The largest absolute Gasteiger partial charge is 0.307 e. The van der Waals surface area contributed by atoms with Crippen LogP contribution in [0.15, 0.2) is 24.3 Å². The number of hydrogen-bond acceptors (Lipinski definition) is 3. The quantitative estimate of drug-likeness (QED) is 0.904. The minimum atomic E-state index is -3.13. The number of halogens is 1. The van der Waals surface area contributed by atoms with Crippen molar-refractivity contribution in [3.05, 3.63) is 35.6 Å². The number of piperidine rings is 1. The number of nitrogens with zero attached hydrogens (tertiary/aromatic N) is 1. The van der Waals surface area contributed by atoms with Gasteiger partial charge < -0.3 is 5.32 Å². The Bertz CT molecular complexity index is 606. The molecule has 4 nitrogen and oxygen atoms in total. The summed E-state index contributed by atoms with van der Waals surface area (Å²) in [6, 6.07) is 6.89. The van der Waals surface area contributed by atoms with E-state index >= 15 is 0 Å². The lowest BCUT2D eigenvalue weighted by molar-refractivity contribution is 0.192. The lowest BCUT2D eigenvalue weighted by atomic mass is 9.90. The highest BCUT2D eigenvalue weighted by Crippen LogP contribution is 2.25. The van der Waals surface area contributed by atoms with Crippen LogP contribution in [-0.4, -0.2) is 38.1 Å². The monoisotopic (exact) mass is 328 g/mol. The lowest BCUT2D eigenvalue weighted by Gasteiger charge is -2.38. The third kappa shape index (κ3) is 4.06. The van der Waals surface area contributed by atoms with Crippen molar-refractivity contribution in [1.29, 1.82) is 0 Å². The average Bonchev–Trinajstić information content (AvgIpc) is 2.46. The van der Waals surface area contributed by atoms with E-state index in [2.05, 4.69) is 12.2 Å². The molecule has 0 unspecified atom stereocenters. The zero-order chi connectivity index (χ0) is 16.3. The number of sulfonamides is 1.